The van der Waals surface area contributed by atoms with Crippen LogP contribution in [0.1, 0.15) is 26.7 Å². The van der Waals surface area contributed by atoms with Gasteiger partial charge in [0.25, 0.3) is 0 Å². The van der Waals surface area contributed by atoms with E-state index in [4.69, 9.17) is 0 Å². The molecule has 0 rings (SSSR count). The molecule has 0 heterocycles. The van der Waals surface area contributed by atoms with Crippen LogP contribution in [0.3, 0.4) is 0 Å². The zero-order chi connectivity index (χ0) is 6.57. The van der Waals surface area contributed by atoms with Crippen molar-refractivity contribution in [3.05, 3.63) is 0 Å². The first kappa shape index (κ1) is 8.78. The van der Waals surface area contributed by atoms with Gasteiger partial charge >= 0.3 is 0 Å². The van der Waals surface area contributed by atoms with Crippen molar-refractivity contribution in [2.45, 2.75) is 37.6 Å². The van der Waals surface area contributed by atoms with E-state index in [1.807, 2.05) is 0 Å². The molecule has 0 bridgehead atoms. The average Bonchev–Trinajstić information content (AvgIpc) is 1.65. The summed E-state index contributed by atoms with van der Waals surface area (Å²) in [7, 11) is 2.78. The summed E-state index contributed by atoms with van der Waals surface area (Å²) in [5.41, 5.74) is 0.720. The standard InChI is InChI=1S/C6H15PS/c1-3-6(8)4-5(2)7/h5-6,8H,3-4,7H2,1-2H3. The maximum absolute atomic E-state index is 4.36. The Balaban J connectivity index is 3.10. The second-order valence-corrected chi connectivity index (χ2v) is 4.14. The quantitative estimate of drug-likeness (QED) is 0.463. The average molecular weight is 150 g/mol. The second-order valence-electron chi connectivity index (χ2n) is 2.28. The fourth-order valence-electron chi connectivity index (χ4n) is 0.596. The van der Waals surface area contributed by atoms with E-state index in [1.54, 1.807) is 0 Å². The molecule has 0 saturated heterocycles. The molecule has 3 unspecified atom stereocenters. The first-order chi connectivity index (χ1) is 3.66. The largest absolute Gasteiger partial charge is 0.176 e. The molecule has 0 nitrogen and oxygen atoms in total. The molecule has 0 aliphatic carbocycles. The molecule has 0 aromatic heterocycles. The summed E-state index contributed by atoms with van der Waals surface area (Å²) in [6.07, 6.45) is 2.39. The molecule has 0 amide bonds. The molecule has 0 aliphatic rings. The Morgan fingerprint density at radius 1 is 1.62 bits per heavy atom. The predicted octanol–water partition coefficient (Wildman–Crippen LogP) is 2.35. The highest BCUT2D eigenvalue weighted by molar-refractivity contribution is 7.80. The molecular weight excluding hydrogens is 135 g/mol. The Kier molecular flexibility index (Phi) is 5.09. The monoisotopic (exact) mass is 150 g/mol. The van der Waals surface area contributed by atoms with E-state index >= 15 is 0 Å². The van der Waals surface area contributed by atoms with Crippen molar-refractivity contribution in [1.29, 1.82) is 0 Å². The number of rotatable bonds is 3. The smallest absolute Gasteiger partial charge is 0.00199 e. The van der Waals surface area contributed by atoms with E-state index in [0.717, 1.165) is 5.66 Å². The van der Waals surface area contributed by atoms with Crippen LogP contribution >= 0.6 is 21.9 Å². The zero-order valence-electron chi connectivity index (χ0n) is 5.59. The Bertz CT molecular complexity index is 54.5. The molecule has 0 radical (unpaired) electrons. The van der Waals surface area contributed by atoms with E-state index in [0.29, 0.717) is 5.25 Å². The van der Waals surface area contributed by atoms with Crippen LogP contribution in [0.5, 0.6) is 0 Å². The highest BCUT2D eigenvalue weighted by atomic mass is 32.1. The third-order valence-electron chi connectivity index (χ3n) is 1.12. The molecule has 0 aromatic rings. The maximum Gasteiger partial charge on any atom is 0.00199 e. The Labute approximate surface area is 60.0 Å². The van der Waals surface area contributed by atoms with Crippen LogP contribution in [0.15, 0.2) is 0 Å². The van der Waals surface area contributed by atoms with Gasteiger partial charge in [-0.15, -0.1) is 9.24 Å². The maximum atomic E-state index is 4.36. The van der Waals surface area contributed by atoms with Gasteiger partial charge in [-0.1, -0.05) is 13.8 Å². The first-order valence-electron chi connectivity index (χ1n) is 3.10. The van der Waals surface area contributed by atoms with Crippen LogP contribution in [0.2, 0.25) is 0 Å². The summed E-state index contributed by atoms with van der Waals surface area (Å²) in [5, 5.41) is 0.600. The van der Waals surface area contributed by atoms with E-state index in [-0.39, 0.29) is 0 Å². The number of hydrogen-bond acceptors (Lipinski definition) is 1. The van der Waals surface area contributed by atoms with Crippen LogP contribution < -0.4 is 0 Å². The molecule has 50 valence electrons. The van der Waals surface area contributed by atoms with E-state index < -0.39 is 0 Å². The van der Waals surface area contributed by atoms with Crippen molar-refractivity contribution in [2.75, 3.05) is 0 Å². The van der Waals surface area contributed by atoms with Gasteiger partial charge in [0, 0.05) is 5.25 Å². The van der Waals surface area contributed by atoms with Gasteiger partial charge in [0.2, 0.25) is 0 Å². The fraction of sp³-hybridized carbons (Fsp3) is 1.00. The van der Waals surface area contributed by atoms with Gasteiger partial charge < -0.3 is 0 Å². The Morgan fingerprint density at radius 2 is 2.12 bits per heavy atom. The van der Waals surface area contributed by atoms with Crippen molar-refractivity contribution in [3.8, 4) is 0 Å². The molecule has 0 aromatic carbocycles. The van der Waals surface area contributed by atoms with Gasteiger partial charge in [-0.25, -0.2) is 0 Å². The number of thiol groups is 1. The molecule has 0 fully saturated rings. The summed E-state index contributed by atoms with van der Waals surface area (Å²) in [6.45, 7) is 4.37. The van der Waals surface area contributed by atoms with E-state index in [9.17, 15) is 0 Å². The van der Waals surface area contributed by atoms with Crippen LogP contribution in [-0.2, 0) is 0 Å². The number of hydrogen-bond donors (Lipinski definition) is 1. The molecule has 0 spiro atoms. The minimum absolute atomic E-state index is 0.600. The lowest BCUT2D eigenvalue weighted by Gasteiger charge is -2.08. The highest BCUT2D eigenvalue weighted by Crippen LogP contribution is 2.13. The summed E-state index contributed by atoms with van der Waals surface area (Å²) in [5.74, 6) is 0. The molecule has 0 saturated carbocycles. The van der Waals surface area contributed by atoms with Crippen molar-refractivity contribution < 1.29 is 0 Å². The van der Waals surface area contributed by atoms with E-state index in [2.05, 4.69) is 35.7 Å². The van der Waals surface area contributed by atoms with Crippen molar-refractivity contribution in [1.82, 2.24) is 0 Å². The lowest BCUT2D eigenvalue weighted by molar-refractivity contribution is 0.735. The summed E-state index contributed by atoms with van der Waals surface area (Å²) < 4.78 is 0. The Morgan fingerprint density at radius 3 is 2.25 bits per heavy atom. The van der Waals surface area contributed by atoms with Gasteiger partial charge in [0.05, 0.1) is 0 Å². The summed E-state index contributed by atoms with van der Waals surface area (Å²) >= 11 is 4.36. The Hall–Kier alpha value is 0.780. The molecular formula is C6H15PS. The topological polar surface area (TPSA) is 0 Å². The van der Waals surface area contributed by atoms with Gasteiger partial charge in [-0.05, 0) is 18.5 Å². The van der Waals surface area contributed by atoms with Crippen LogP contribution in [0.25, 0.3) is 0 Å². The molecule has 8 heavy (non-hydrogen) atoms. The summed E-state index contributed by atoms with van der Waals surface area (Å²) in [4.78, 5) is 0. The van der Waals surface area contributed by atoms with Gasteiger partial charge in [0.15, 0.2) is 0 Å². The van der Waals surface area contributed by atoms with Crippen molar-refractivity contribution >= 4 is 21.9 Å². The van der Waals surface area contributed by atoms with Crippen LogP contribution in [0.4, 0.5) is 0 Å². The summed E-state index contributed by atoms with van der Waals surface area (Å²) in [6, 6.07) is 0. The van der Waals surface area contributed by atoms with Crippen molar-refractivity contribution in [2.24, 2.45) is 0 Å². The SMILES string of the molecule is CCC(S)CC(C)P. The van der Waals surface area contributed by atoms with Crippen LogP contribution in [0, 0.1) is 0 Å². The second kappa shape index (κ2) is 4.64. The lowest BCUT2D eigenvalue weighted by atomic mass is 10.2. The zero-order valence-corrected chi connectivity index (χ0v) is 7.64. The minimum Gasteiger partial charge on any atom is -0.176 e. The molecule has 0 aliphatic heterocycles. The third-order valence-corrected chi connectivity index (χ3v) is 1.96. The normalized spacial score (nSPS) is 18.0. The van der Waals surface area contributed by atoms with Gasteiger partial charge in [0.1, 0.15) is 0 Å². The predicted molar refractivity (Wildman–Crippen MR) is 46.9 cm³/mol. The third kappa shape index (κ3) is 4.93. The van der Waals surface area contributed by atoms with Gasteiger partial charge in [-0.2, -0.15) is 12.6 Å². The minimum atomic E-state index is 0.600. The van der Waals surface area contributed by atoms with E-state index in [1.165, 1.54) is 12.8 Å². The molecule has 0 N–H and O–H groups in total. The highest BCUT2D eigenvalue weighted by Gasteiger charge is 2.01. The van der Waals surface area contributed by atoms with Crippen LogP contribution in [-0.4, -0.2) is 10.9 Å². The molecule has 2 heteroatoms. The molecule has 3 atom stereocenters. The fourth-order valence-corrected chi connectivity index (χ4v) is 1.49. The van der Waals surface area contributed by atoms with Gasteiger partial charge in [-0.3, -0.25) is 0 Å². The first-order valence-corrected chi connectivity index (χ1v) is 4.28. The lowest BCUT2D eigenvalue weighted by Crippen LogP contribution is -2.02. The van der Waals surface area contributed by atoms with Crippen molar-refractivity contribution in [3.63, 3.8) is 0 Å².